The first-order chi connectivity index (χ1) is 10.6. The number of rotatable bonds is 4. The van der Waals surface area contributed by atoms with E-state index in [4.69, 9.17) is 0 Å². The van der Waals surface area contributed by atoms with Gasteiger partial charge in [-0.3, -0.25) is 4.79 Å². The number of benzene rings is 2. The van der Waals surface area contributed by atoms with Crippen LogP contribution in [-0.4, -0.2) is 4.98 Å². The molecule has 1 heterocycles. The molecule has 3 rings (SSSR count). The Morgan fingerprint density at radius 3 is 2.64 bits per heavy atom. The van der Waals surface area contributed by atoms with Gasteiger partial charge < -0.3 is 10.3 Å². The van der Waals surface area contributed by atoms with Crippen LogP contribution in [0.2, 0.25) is 0 Å². The molecular weight excluding hydrogens is 279 g/mol. The molecule has 0 spiro atoms. The quantitative estimate of drug-likeness (QED) is 0.762. The highest BCUT2D eigenvalue weighted by atomic mass is 19.1. The fourth-order valence-electron chi connectivity index (χ4n) is 2.60. The van der Waals surface area contributed by atoms with Crippen molar-refractivity contribution in [3.05, 3.63) is 81.4 Å². The van der Waals surface area contributed by atoms with Gasteiger partial charge in [0.1, 0.15) is 18.9 Å². The first kappa shape index (κ1) is 14.5. The maximum Gasteiger partial charge on any atom is 0.257 e. The standard InChI is InChI=1S/C18H17FN2O/c1-12-3-2-4-14-9-15(18(22)21-17(12)14)11-20-10-13-5-7-16(19)8-6-13/h2-9,20H,10-11H2,1H3,(H,21,22)/p+1. The van der Waals surface area contributed by atoms with Crippen molar-refractivity contribution in [1.82, 2.24) is 4.98 Å². The summed E-state index contributed by atoms with van der Waals surface area (Å²) in [4.78, 5) is 15.1. The Morgan fingerprint density at radius 2 is 1.86 bits per heavy atom. The Bertz CT molecular complexity index is 853. The van der Waals surface area contributed by atoms with E-state index in [9.17, 15) is 9.18 Å². The van der Waals surface area contributed by atoms with Crippen LogP contribution in [0.25, 0.3) is 10.9 Å². The zero-order valence-corrected chi connectivity index (χ0v) is 12.4. The van der Waals surface area contributed by atoms with Crippen LogP contribution >= 0.6 is 0 Å². The van der Waals surface area contributed by atoms with Crippen molar-refractivity contribution >= 4 is 10.9 Å². The van der Waals surface area contributed by atoms with Crippen molar-refractivity contribution in [1.29, 1.82) is 0 Å². The van der Waals surface area contributed by atoms with E-state index in [1.165, 1.54) is 12.1 Å². The Morgan fingerprint density at radius 1 is 1.09 bits per heavy atom. The summed E-state index contributed by atoms with van der Waals surface area (Å²) in [5, 5.41) is 3.09. The van der Waals surface area contributed by atoms with Crippen LogP contribution in [0.15, 0.2) is 53.3 Å². The van der Waals surface area contributed by atoms with E-state index < -0.39 is 0 Å². The summed E-state index contributed by atoms with van der Waals surface area (Å²) in [5.74, 6) is -0.231. The van der Waals surface area contributed by atoms with E-state index in [0.29, 0.717) is 13.1 Å². The summed E-state index contributed by atoms with van der Waals surface area (Å²) in [6.07, 6.45) is 0. The Balaban J connectivity index is 1.75. The molecule has 0 unspecified atom stereocenters. The van der Waals surface area contributed by atoms with Gasteiger partial charge in [0.05, 0.1) is 11.1 Å². The molecule has 3 aromatic rings. The maximum atomic E-state index is 12.9. The van der Waals surface area contributed by atoms with E-state index in [1.807, 2.05) is 36.5 Å². The Labute approximate surface area is 127 Å². The number of aromatic nitrogens is 1. The van der Waals surface area contributed by atoms with Crippen LogP contribution in [0.3, 0.4) is 0 Å². The lowest BCUT2D eigenvalue weighted by Crippen LogP contribution is -2.81. The topological polar surface area (TPSA) is 49.5 Å². The first-order valence-corrected chi connectivity index (χ1v) is 7.31. The van der Waals surface area contributed by atoms with Crippen LogP contribution in [0, 0.1) is 12.7 Å². The summed E-state index contributed by atoms with van der Waals surface area (Å²) in [5.41, 5.74) is 3.71. The van der Waals surface area contributed by atoms with Gasteiger partial charge in [-0.25, -0.2) is 4.39 Å². The second-order valence-corrected chi connectivity index (χ2v) is 5.49. The van der Waals surface area contributed by atoms with E-state index in [-0.39, 0.29) is 11.4 Å². The third-order valence-electron chi connectivity index (χ3n) is 3.82. The number of nitrogens with two attached hydrogens (primary N) is 1. The van der Waals surface area contributed by atoms with Gasteiger partial charge in [0.2, 0.25) is 0 Å². The highest BCUT2D eigenvalue weighted by molar-refractivity contribution is 5.81. The number of para-hydroxylation sites is 1. The molecule has 0 amide bonds. The second-order valence-electron chi connectivity index (χ2n) is 5.49. The minimum atomic E-state index is -0.231. The number of fused-ring (bicyclic) bond motifs is 1. The van der Waals surface area contributed by atoms with Crippen LogP contribution in [-0.2, 0) is 13.1 Å². The van der Waals surface area contributed by atoms with Crippen molar-refractivity contribution in [2.24, 2.45) is 0 Å². The largest absolute Gasteiger partial charge is 0.339 e. The lowest BCUT2D eigenvalue weighted by Gasteiger charge is -2.05. The summed E-state index contributed by atoms with van der Waals surface area (Å²) < 4.78 is 12.9. The Kier molecular flexibility index (Phi) is 4.02. The minimum Gasteiger partial charge on any atom is -0.339 e. The lowest BCUT2D eigenvalue weighted by molar-refractivity contribution is -0.686. The van der Waals surface area contributed by atoms with Gasteiger partial charge in [0.15, 0.2) is 0 Å². The van der Waals surface area contributed by atoms with Gasteiger partial charge in [-0.05, 0) is 36.1 Å². The third-order valence-corrected chi connectivity index (χ3v) is 3.82. The summed E-state index contributed by atoms with van der Waals surface area (Å²) >= 11 is 0. The monoisotopic (exact) mass is 297 g/mol. The molecule has 0 radical (unpaired) electrons. The fraction of sp³-hybridized carbons (Fsp3) is 0.167. The van der Waals surface area contributed by atoms with E-state index in [1.54, 1.807) is 12.1 Å². The fourth-order valence-corrected chi connectivity index (χ4v) is 2.60. The van der Waals surface area contributed by atoms with Gasteiger partial charge in [-0.15, -0.1) is 0 Å². The molecule has 0 saturated carbocycles. The molecule has 22 heavy (non-hydrogen) atoms. The second kappa shape index (κ2) is 6.12. The number of aromatic amines is 1. The van der Waals surface area contributed by atoms with Crippen molar-refractivity contribution in [2.45, 2.75) is 20.0 Å². The molecule has 0 aliphatic rings. The summed E-state index contributed by atoms with van der Waals surface area (Å²) in [6.45, 7) is 3.29. The van der Waals surface area contributed by atoms with Crippen LogP contribution < -0.4 is 10.9 Å². The third kappa shape index (κ3) is 3.07. The molecule has 0 atom stereocenters. The minimum absolute atomic E-state index is 0.0443. The number of aryl methyl sites for hydroxylation is 1. The summed E-state index contributed by atoms with van der Waals surface area (Å²) in [6, 6.07) is 14.4. The molecule has 0 fully saturated rings. The highest BCUT2D eigenvalue weighted by Crippen LogP contribution is 2.14. The SMILES string of the molecule is Cc1cccc2cc(C[NH2+]Cc3ccc(F)cc3)c(=O)[nH]c12. The molecule has 0 aliphatic carbocycles. The number of pyridine rings is 1. The van der Waals surface area contributed by atoms with Gasteiger partial charge in [-0.1, -0.05) is 30.3 Å². The van der Waals surface area contributed by atoms with Gasteiger partial charge in [0, 0.05) is 5.56 Å². The number of hydrogen-bond acceptors (Lipinski definition) is 1. The molecule has 112 valence electrons. The molecule has 3 N–H and O–H groups in total. The van der Waals surface area contributed by atoms with Gasteiger partial charge in [-0.2, -0.15) is 0 Å². The van der Waals surface area contributed by atoms with Crippen LogP contribution in [0.1, 0.15) is 16.7 Å². The van der Waals surface area contributed by atoms with Crippen LogP contribution in [0.5, 0.6) is 0 Å². The number of quaternary nitrogens is 1. The van der Waals surface area contributed by atoms with Crippen molar-refractivity contribution in [3.8, 4) is 0 Å². The molecule has 0 bridgehead atoms. The number of nitrogens with one attached hydrogen (secondary N) is 1. The van der Waals surface area contributed by atoms with Crippen LogP contribution in [0.4, 0.5) is 4.39 Å². The zero-order chi connectivity index (χ0) is 15.5. The Hall–Kier alpha value is -2.46. The predicted octanol–water partition coefficient (Wildman–Crippen LogP) is 2.24. The first-order valence-electron chi connectivity index (χ1n) is 7.31. The molecule has 1 aromatic heterocycles. The number of H-pyrrole nitrogens is 1. The molecule has 0 saturated heterocycles. The lowest BCUT2D eigenvalue weighted by atomic mass is 10.1. The predicted molar refractivity (Wildman–Crippen MR) is 85.0 cm³/mol. The molecule has 4 heteroatoms. The van der Waals surface area contributed by atoms with E-state index in [0.717, 1.165) is 27.6 Å². The zero-order valence-electron chi connectivity index (χ0n) is 12.4. The van der Waals surface area contributed by atoms with E-state index in [2.05, 4.69) is 4.98 Å². The van der Waals surface area contributed by atoms with E-state index >= 15 is 0 Å². The molecule has 3 nitrogen and oxygen atoms in total. The molecule has 2 aromatic carbocycles. The smallest absolute Gasteiger partial charge is 0.257 e. The number of halogens is 1. The normalized spacial score (nSPS) is 11.0. The molecular formula is C18H18FN2O+. The molecule has 0 aliphatic heterocycles. The maximum absolute atomic E-state index is 12.9. The average Bonchev–Trinajstić information content (AvgIpc) is 2.51. The summed E-state index contributed by atoms with van der Waals surface area (Å²) in [7, 11) is 0. The van der Waals surface area contributed by atoms with Crippen molar-refractivity contribution in [3.63, 3.8) is 0 Å². The number of hydrogen-bond donors (Lipinski definition) is 2. The van der Waals surface area contributed by atoms with Gasteiger partial charge in [0.25, 0.3) is 5.56 Å². The van der Waals surface area contributed by atoms with Crippen molar-refractivity contribution in [2.75, 3.05) is 0 Å². The average molecular weight is 297 g/mol. The van der Waals surface area contributed by atoms with Gasteiger partial charge >= 0.3 is 0 Å². The highest BCUT2D eigenvalue weighted by Gasteiger charge is 2.06. The van der Waals surface area contributed by atoms with Crippen molar-refractivity contribution < 1.29 is 9.71 Å².